The molecule has 0 aliphatic rings. The number of aromatic nitrogens is 1. The van der Waals surface area contributed by atoms with Gasteiger partial charge in [-0.3, -0.25) is 9.59 Å². The molecule has 0 fully saturated rings. The van der Waals surface area contributed by atoms with Gasteiger partial charge < -0.3 is 4.57 Å². The molecular formula is C28H24Cl2N2O2. The maximum absolute atomic E-state index is 12.9. The maximum atomic E-state index is 12.9. The van der Waals surface area contributed by atoms with E-state index in [2.05, 4.69) is 4.99 Å². The third-order valence-corrected chi connectivity index (χ3v) is 6.12. The zero-order chi connectivity index (χ0) is 24.6. The normalized spacial score (nSPS) is 12.2. The summed E-state index contributed by atoms with van der Waals surface area (Å²) in [5.41, 5.74) is 3.69. The number of halogens is 2. The molecule has 34 heavy (non-hydrogen) atoms. The van der Waals surface area contributed by atoms with E-state index < -0.39 is 5.41 Å². The van der Waals surface area contributed by atoms with Crippen molar-refractivity contribution in [3.05, 3.63) is 104 Å². The van der Waals surface area contributed by atoms with Gasteiger partial charge in [0.05, 0.1) is 11.2 Å². The molecule has 0 N–H and O–H groups in total. The van der Waals surface area contributed by atoms with E-state index in [0.717, 1.165) is 33.2 Å². The number of aryl methyl sites for hydroxylation is 1. The monoisotopic (exact) mass is 490 g/mol. The molecule has 1 aromatic heterocycles. The van der Waals surface area contributed by atoms with Gasteiger partial charge in [0, 0.05) is 45.1 Å². The van der Waals surface area contributed by atoms with E-state index >= 15 is 0 Å². The molecule has 4 nitrogen and oxygen atoms in total. The average Bonchev–Trinajstić information content (AvgIpc) is 2.79. The van der Waals surface area contributed by atoms with E-state index in [4.69, 9.17) is 23.2 Å². The van der Waals surface area contributed by atoms with Crippen LogP contribution >= 0.6 is 23.2 Å². The Morgan fingerprint density at radius 1 is 0.853 bits per heavy atom. The van der Waals surface area contributed by atoms with Crippen LogP contribution in [0.15, 0.2) is 82.6 Å². The summed E-state index contributed by atoms with van der Waals surface area (Å²) in [6.45, 7) is 5.52. The highest BCUT2D eigenvalue weighted by Crippen LogP contribution is 2.30. The molecule has 0 saturated carbocycles. The highest BCUT2D eigenvalue weighted by atomic mass is 35.5. The van der Waals surface area contributed by atoms with Crippen molar-refractivity contribution in [2.75, 3.05) is 0 Å². The van der Waals surface area contributed by atoms with Crippen LogP contribution in [0.3, 0.4) is 0 Å². The number of amides is 1. The highest BCUT2D eigenvalue weighted by molar-refractivity contribution is 6.31. The predicted octanol–water partition coefficient (Wildman–Crippen LogP) is 6.92. The van der Waals surface area contributed by atoms with Crippen LogP contribution in [0, 0.1) is 5.41 Å². The van der Waals surface area contributed by atoms with E-state index in [1.807, 2.05) is 69.3 Å². The summed E-state index contributed by atoms with van der Waals surface area (Å²) in [6, 6.07) is 22.0. The SMILES string of the molecule is Cn1c(=O)cc(-c2cccc(Cl)c2)c2cc(C(=NC(=O)C(C)(C)C)c3ccc(Cl)cc3)ccc21. The lowest BCUT2D eigenvalue weighted by Crippen LogP contribution is -2.20. The summed E-state index contributed by atoms with van der Waals surface area (Å²) in [7, 11) is 1.74. The first kappa shape index (κ1) is 23.9. The Kier molecular flexibility index (Phi) is 6.48. The second kappa shape index (κ2) is 9.21. The minimum Gasteiger partial charge on any atom is -0.311 e. The summed E-state index contributed by atoms with van der Waals surface area (Å²) in [6.07, 6.45) is 0. The van der Waals surface area contributed by atoms with E-state index in [0.29, 0.717) is 15.8 Å². The number of rotatable bonds is 3. The quantitative estimate of drug-likeness (QED) is 0.292. The standard InChI is InChI=1S/C28H24Cl2N2O2/c1-28(2,3)27(34)31-26(17-8-11-20(29)12-9-17)19-10-13-24-23(15-19)22(16-25(33)32(24)4)18-6-5-7-21(30)14-18/h5-16H,1-4H3. The molecular weight excluding hydrogens is 467 g/mol. The predicted molar refractivity (Wildman–Crippen MR) is 141 cm³/mol. The summed E-state index contributed by atoms with van der Waals surface area (Å²) in [5, 5.41) is 2.04. The Morgan fingerprint density at radius 3 is 2.18 bits per heavy atom. The van der Waals surface area contributed by atoms with Gasteiger partial charge in [-0.05, 0) is 47.5 Å². The minimum atomic E-state index is -0.635. The maximum Gasteiger partial charge on any atom is 0.251 e. The molecule has 3 aromatic carbocycles. The first-order chi connectivity index (χ1) is 16.0. The van der Waals surface area contributed by atoms with Crippen LogP contribution in [0.5, 0.6) is 0 Å². The van der Waals surface area contributed by atoms with Gasteiger partial charge in [-0.1, -0.05) is 74.3 Å². The van der Waals surface area contributed by atoms with Crippen molar-refractivity contribution in [1.82, 2.24) is 4.57 Å². The van der Waals surface area contributed by atoms with Gasteiger partial charge in [0.1, 0.15) is 0 Å². The molecule has 4 aromatic rings. The number of benzene rings is 3. The molecule has 4 rings (SSSR count). The number of hydrogen-bond acceptors (Lipinski definition) is 2. The lowest BCUT2D eigenvalue weighted by molar-refractivity contribution is -0.124. The van der Waals surface area contributed by atoms with Crippen LogP contribution in [0.25, 0.3) is 22.0 Å². The van der Waals surface area contributed by atoms with Crippen molar-refractivity contribution in [2.24, 2.45) is 17.5 Å². The third kappa shape index (κ3) is 4.84. The van der Waals surface area contributed by atoms with Crippen molar-refractivity contribution in [3.63, 3.8) is 0 Å². The molecule has 0 unspecified atom stereocenters. The van der Waals surface area contributed by atoms with Crippen molar-refractivity contribution in [1.29, 1.82) is 0 Å². The summed E-state index contributed by atoms with van der Waals surface area (Å²) >= 11 is 12.3. The molecule has 0 atom stereocenters. The lowest BCUT2D eigenvalue weighted by atomic mass is 9.94. The van der Waals surface area contributed by atoms with Gasteiger partial charge >= 0.3 is 0 Å². The lowest BCUT2D eigenvalue weighted by Gasteiger charge is -2.16. The second-order valence-electron chi connectivity index (χ2n) is 9.22. The van der Waals surface area contributed by atoms with Gasteiger partial charge in [0.2, 0.25) is 0 Å². The fourth-order valence-corrected chi connectivity index (χ4v) is 3.99. The zero-order valence-electron chi connectivity index (χ0n) is 19.4. The number of aliphatic imine (C=N–C) groups is 1. The molecule has 0 aliphatic heterocycles. The van der Waals surface area contributed by atoms with Gasteiger partial charge in [-0.2, -0.15) is 0 Å². The van der Waals surface area contributed by atoms with Crippen LogP contribution in [0.1, 0.15) is 31.9 Å². The van der Waals surface area contributed by atoms with E-state index in [9.17, 15) is 9.59 Å². The molecule has 0 radical (unpaired) electrons. The van der Waals surface area contributed by atoms with Crippen molar-refractivity contribution in [2.45, 2.75) is 20.8 Å². The number of fused-ring (bicyclic) bond motifs is 1. The topological polar surface area (TPSA) is 51.4 Å². The number of carbonyl (C=O) groups excluding carboxylic acids is 1. The number of pyridine rings is 1. The first-order valence-electron chi connectivity index (χ1n) is 10.8. The Balaban J connectivity index is 2.01. The van der Waals surface area contributed by atoms with Crippen molar-refractivity contribution >= 4 is 45.7 Å². The Hall–Kier alpha value is -3.21. The molecule has 172 valence electrons. The largest absolute Gasteiger partial charge is 0.311 e. The second-order valence-corrected chi connectivity index (χ2v) is 10.1. The highest BCUT2D eigenvalue weighted by Gasteiger charge is 2.23. The number of hydrogen-bond donors (Lipinski definition) is 0. The summed E-state index contributed by atoms with van der Waals surface area (Å²) in [4.78, 5) is 30.1. The fourth-order valence-electron chi connectivity index (χ4n) is 3.68. The minimum absolute atomic E-state index is 0.121. The van der Waals surface area contributed by atoms with Crippen LogP contribution < -0.4 is 5.56 Å². The molecule has 1 heterocycles. The Bertz CT molecular complexity index is 1490. The van der Waals surface area contributed by atoms with E-state index in [1.54, 1.807) is 35.9 Å². The van der Waals surface area contributed by atoms with Crippen LogP contribution in [-0.2, 0) is 11.8 Å². The number of nitrogens with zero attached hydrogens (tertiary/aromatic N) is 2. The van der Waals surface area contributed by atoms with Crippen LogP contribution in [0.4, 0.5) is 0 Å². The first-order valence-corrected chi connectivity index (χ1v) is 11.6. The van der Waals surface area contributed by atoms with Gasteiger partial charge in [0.25, 0.3) is 11.5 Å². The average molecular weight is 491 g/mol. The Labute approximate surface area is 208 Å². The summed E-state index contributed by atoms with van der Waals surface area (Å²) < 4.78 is 1.60. The van der Waals surface area contributed by atoms with Gasteiger partial charge in [-0.15, -0.1) is 0 Å². The summed E-state index contributed by atoms with van der Waals surface area (Å²) in [5.74, 6) is -0.229. The molecule has 6 heteroatoms. The van der Waals surface area contributed by atoms with E-state index in [1.165, 1.54) is 0 Å². The molecule has 0 aliphatic carbocycles. The van der Waals surface area contributed by atoms with Crippen LogP contribution in [-0.4, -0.2) is 16.2 Å². The Morgan fingerprint density at radius 2 is 1.53 bits per heavy atom. The third-order valence-electron chi connectivity index (χ3n) is 5.63. The van der Waals surface area contributed by atoms with Crippen molar-refractivity contribution in [3.8, 4) is 11.1 Å². The molecule has 1 amide bonds. The fraction of sp³-hybridized carbons (Fsp3) is 0.179. The van der Waals surface area contributed by atoms with Gasteiger partial charge in [-0.25, -0.2) is 4.99 Å². The van der Waals surface area contributed by atoms with Crippen LogP contribution in [0.2, 0.25) is 10.0 Å². The number of carbonyl (C=O) groups is 1. The van der Waals surface area contributed by atoms with Gasteiger partial charge in [0.15, 0.2) is 0 Å². The van der Waals surface area contributed by atoms with E-state index in [-0.39, 0.29) is 11.5 Å². The van der Waals surface area contributed by atoms with Crippen molar-refractivity contribution < 1.29 is 4.79 Å². The molecule has 0 spiro atoms. The zero-order valence-corrected chi connectivity index (χ0v) is 20.9. The molecule has 0 saturated heterocycles. The molecule has 0 bridgehead atoms. The smallest absolute Gasteiger partial charge is 0.251 e.